The van der Waals surface area contributed by atoms with Crippen molar-refractivity contribution in [3.05, 3.63) is 82.9 Å². The van der Waals surface area contributed by atoms with Crippen LogP contribution in [0.25, 0.3) is 10.8 Å². The summed E-state index contributed by atoms with van der Waals surface area (Å²) in [5.41, 5.74) is 4.65. The predicted octanol–water partition coefficient (Wildman–Crippen LogP) is 4.93. The fraction of sp³-hybridized carbons (Fsp3) is 0.308. The maximum atomic E-state index is 12.4. The Balaban J connectivity index is 0.00000385. The van der Waals surface area contributed by atoms with E-state index in [-0.39, 0.29) is 23.9 Å². The fourth-order valence-electron chi connectivity index (χ4n) is 3.84. The van der Waals surface area contributed by atoms with Gasteiger partial charge in [-0.25, -0.2) is 5.48 Å². The zero-order valence-electron chi connectivity index (χ0n) is 19.1. The van der Waals surface area contributed by atoms with Crippen LogP contribution in [0.3, 0.4) is 0 Å². The molecule has 3 aromatic rings. The largest absolute Gasteiger partial charge is 0.348 e. The zero-order chi connectivity index (χ0) is 22.9. The van der Waals surface area contributed by atoms with Gasteiger partial charge in [0, 0.05) is 24.2 Å². The highest BCUT2D eigenvalue weighted by molar-refractivity contribution is 5.97. The Kier molecular flexibility index (Phi) is 10.3. The molecule has 7 heteroatoms. The molecule has 33 heavy (non-hydrogen) atoms. The van der Waals surface area contributed by atoms with E-state index in [1.807, 2.05) is 6.07 Å². The third-order valence-corrected chi connectivity index (χ3v) is 5.42. The number of rotatable bonds is 10. The summed E-state index contributed by atoms with van der Waals surface area (Å²) in [4.78, 5) is 26.3. The van der Waals surface area contributed by atoms with E-state index in [0.717, 1.165) is 43.4 Å². The van der Waals surface area contributed by atoms with Crippen molar-refractivity contribution < 1.29 is 14.8 Å². The highest BCUT2D eigenvalue weighted by atomic mass is 35.5. The van der Waals surface area contributed by atoms with Crippen LogP contribution >= 0.6 is 12.4 Å². The lowest BCUT2D eigenvalue weighted by Crippen LogP contribution is -2.24. The topological polar surface area (TPSA) is 81.7 Å². The van der Waals surface area contributed by atoms with Gasteiger partial charge in [-0.15, -0.1) is 12.4 Å². The van der Waals surface area contributed by atoms with Crippen LogP contribution in [-0.2, 0) is 13.1 Å². The van der Waals surface area contributed by atoms with Crippen LogP contribution in [0.2, 0.25) is 0 Å². The van der Waals surface area contributed by atoms with Crippen LogP contribution in [0.15, 0.2) is 60.7 Å². The van der Waals surface area contributed by atoms with Crippen LogP contribution in [0, 0.1) is 0 Å². The predicted molar refractivity (Wildman–Crippen MR) is 134 cm³/mol. The van der Waals surface area contributed by atoms with Crippen molar-refractivity contribution in [3.63, 3.8) is 0 Å². The lowest BCUT2D eigenvalue weighted by Gasteiger charge is -2.21. The van der Waals surface area contributed by atoms with E-state index in [1.54, 1.807) is 17.6 Å². The number of nitrogens with zero attached hydrogens (tertiary/aromatic N) is 1. The molecule has 2 amide bonds. The van der Waals surface area contributed by atoms with E-state index < -0.39 is 5.91 Å². The second kappa shape index (κ2) is 12.9. The number of halogens is 1. The molecular formula is C26H32ClN3O3. The molecule has 0 saturated carbocycles. The number of benzene rings is 3. The second-order valence-corrected chi connectivity index (χ2v) is 7.99. The smallest absolute Gasteiger partial charge is 0.274 e. The quantitative estimate of drug-likeness (QED) is 0.290. The lowest BCUT2D eigenvalue weighted by atomic mass is 10.0. The number of fused-ring (bicyclic) bond motifs is 1. The molecule has 0 aliphatic heterocycles. The molecule has 0 heterocycles. The number of carbonyl (C=O) groups excluding carboxylic acids is 2. The van der Waals surface area contributed by atoms with Crippen molar-refractivity contribution >= 4 is 35.0 Å². The minimum absolute atomic E-state index is 0. The number of amides is 2. The Morgan fingerprint density at radius 2 is 1.30 bits per heavy atom. The van der Waals surface area contributed by atoms with Crippen molar-refractivity contribution in [1.82, 2.24) is 15.7 Å². The summed E-state index contributed by atoms with van der Waals surface area (Å²) in [7, 11) is 0. The van der Waals surface area contributed by atoms with E-state index in [9.17, 15) is 9.59 Å². The van der Waals surface area contributed by atoms with Gasteiger partial charge in [0.2, 0.25) is 0 Å². The summed E-state index contributed by atoms with van der Waals surface area (Å²) in [6, 6.07) is 18.9. The van der Waals surface area contributed by atoms with E-state index in [2.05, 4.69) is 54.4 Å². The van der Waals surface area contributed by atoms with Gasteiger partial charge in [-0.1, -0.05) is 38.1 Å². The molecule has 0 aliphatic carbocycles. The standard InChI is InChI=1S/C26H31N3O3.ClH/c1-3-13-29(14-4-2)18-20-6-8-23-15-19(5-7-24(23)16-20)17-27-25(30)21-9-11-22(12-10-21)26(31)28-32;/h5-12,15-16,32H,3-4,13-14,17-18H2,1-2H3,(H,27,30)(H,28,31);1H. The molecule has 6 nitrogen and oxygen atoms in total. The third-order valence-electron chi connectivity index (χ3n) is 5.42. The average Bonchev–Trinajstić information content (AvgIpc) is 2.82. The molecule has 0 saturated heterocycles. The van der Waals surface area contributed by atoms with Gasteiger partial charge in [0.1, 0.15) is 0 Å². The summed E-state index contributed by atoms with van der Waals surface area (Å²) in [6.45, 7) is 8.04. The average molecular weight is 470 g/mol. The maximum Gasteiger partial charge on any atom is 0.274 e. The Morgan fingerprint density at radius 3 is 1.85 bits per heavy atom. The molecule has 0 atom stereocenters. The molecule has 176 valence electrons. The molecule has 0 radical (unpaired) electrons. The van der Waals surface area contributed by atoms with Gasteiger partial charge >= 0.3 is 0 Å². The molecule has 0 spiro atoms. The highest BCUT2D eigenvalue weighted by Crippen LogP contribution is 2.19. The number of hydrogen-bond donors (Lipinski definition) is 3. The lowest BCUT2D eigenvalue weighted by molar-refractivity contribution is 0.0706. The second-order valence-electron chi connectivity index (χ2n) is 7.99. The van der Waals surface area contributed by atoms with Crippen LogP contribution in [0.1, 0.15) is 58.5 Å². The monoisotopic (exact) mass is 469 g/mol. The summed E-state index contributed by atoms with van der Waals surface area (Å²) in [6.07, 6.45) is 2.32. The molecule has 3 N–H and O–H groups in total. The Morgan fingerprint density at radius 1 is 0.788 bits per heavy atom. The van der Waals surface area contributed by atoms with Crippen LogP contribution in [0.5, 0.6) is 0 Å². The molecular weight excluding hydrogens is 438 g/mol. The van der Waals surface area contributed by atoms with Crippen molar-refractivity contribution in [1.29, 1.82) is 0 Å². The molecule has 0 unspecified atom stereocenters. The Labute approximate surface area is 201 Å². The van der Waals surface area contributed by atoms with Gasteiger partial charge in [-0.3, -0.25) is 19.7 Å². The summed E-state index contributed by atoms with van der Waals surface area (Å²) in [5, 5.41) is 13.9. The third kappa shape index (κ3) is 7.29. The van der Waals surface area contributed by atoms with E-state index in [4.69, 9.17) is 5.21 Å². The molecule has 3 aromatic carbocycles. The molecule has 0 aliphatic rings. The van der Waals surface area contributed by atoms with E-state index in [0.29, 0.717) is 12.1 Å². The highest BCUT2D eigenvalue weighted by Gasteiger charge is 2.09. The number of hydrogen-bond acceptors (Lipinski definition) is 4. The fourth-order valence-corrected chi connectivity index (χ4v) is 3.84. The first-order valence-corrected chi connectivity index (χ1v) is 11.1. The van der Waals surface area contributed by atoms with Crippen LogP contribution in [0.4, 0.5) is 0 Å². The summed E-state index contributed by atoms with van der Waals surface area (Å²) >= 11 is 0. The minimum Gasteiger partial charge on any atom is -0.348 e. The van der Waals surface area contributed by atoms with Gasteiger partial charge < -0.3 is 5.32 Å². The van der Waals surface area contributed by atoms with E-state index in [1.165, 1.54) is 23.1 Å². The first kappa shape index (κ1) is 26.3. The van der Waals surface area contributed by atoms with Crippen molar-refractivity contribution in [3.8, 4) is 0 Å². The SMILES string of the molecule is CCCN(CCC)Cc1ccc2cc(CNC(=O)c3ccc(C(=O)NO)cc3)ccc2c1.Cl. The first-order chi connectivity index (χ1) is 15.5. The number of carbonyl (C=O) groups is 2. The van der Waals surface area contributed by atoms with Gasteiger partial charge in [0.25, 0.3) is 11.8 Å². The molecule has 0 fully saturated rings. The van der Waals surface area contributed by atoms with Crippen LogP contribution < -0.4 is 10.8 Å². The van der Waals surface area contributed by atoms with Gasteiger partial charge in [0.15, 0.2) is 0 Å². The first-order valence-electron chi connectivity index (χ1n) is 11.1. The number of nitrogens with one attached hydrogen (secondary N) is 2. The van der Waals surface area contributed by atoms with Gasteiger partial charge in [-0.05, 0) is 84.2 Å². The maximum absolute atomic E-state index is 12.4. The van der Waals surface area contributed by atoms with Gasteiger partial charge in [0.05, 0.1) is 0 Å². The Hall–Kier alpha value is -2.93. The normalized spacial score (nSPS) is 10.7. The number of hydroxylamine groups is 1. The zero-order valence-corrected chi connectivity index (χ0v) is 20.0. The van der Waals surface area contributed by atoms with Crippen molar-refractivity contribution in [2.75, 3.05) is 13.1 Å². The van der Waals surface area contributed by atoms with Crippen LogP contribution in [-0.4, -0.2) is 35.0 Å². The molecule has 0 bridgehead atoms. The Bertz CT molecular complexity index is 1060. The summed E-state index contributed by atoms with van der Waals surface area (Å²) < 4.78 is 0. The van der Waals surface area contributed by atoms with Gasteiger partial charge in [-0.2, -0.15) is 0 Å². The summed E-state index contributed by atoms with van der Waals surface area (Å²) in [5.74, 6) is -0.831. The van der Waals surface area contributed by atoms with Crippen molar-refractivity contribution in [2.45, 2.75) is 39.8 Å². The minimum atomic E-state index is -0.611. The van der Waals surface area contributed by atoms with Crippen molar-refractivity contribution in [2.24, 2.45) is 0 Å². The molecule has 0 aromatic heterocycles. The van der Waals surface area contributed by atoms with E-state index >= 15 is 0 Å². The molecule has 3 rings (SSSR count).